The molecule has 0 aromatic heterocycles. The summed E-state index contributed by atoms with van der Waals surface area (Å²) in [7, 11) is 2.20. The molecule has 2 atom stereocenters. The van der Waals surface area contributed by atoms with Crippen LogP contribution in [0.1, 0.15) is 40.0 Å². The minimum Gasteiger partial charge on any atom is -0.375 e. The van der Waals surface area contributed by atoms with Crippen LogP contribution in [0.3, 0.4) is 0 Å². The van der Waals surface area contributed by atoms with E-state index in [1.54, 1.807) is 0 Å². The maximum Gasteiger partial charge on any atom is 0.0568 e. The van der Waals surface area contributed by atoms with Gasteiger partial charge in [0.15, 0.2) is 0 Å². The molecule has 0 aliphatic carbocycles. The lowest BCUT2D eigenvalue weighted by Gasteiger charge is -2.48. The Morgan fingerprint density at radius 1 is 1.33 bits per heavy atom. The molecule has 15 heavy (non-hydrogen) atoms. The van der Waals surface area contributed by atoms with Gasteiger partial charge in [-0.1, -0.05) is 6.92 Å². The first kappa shape index (κ1) is 12.9. The largest absolute Gasteiger partial charge is 0.375 e. The van der Waals surface area contributed by atoms with Crippen LogP contribution in [-0.4, -0.2) is 42.8 Å². The molecule has 1 rings (SSSR count). The Morgan fingerprint density at radius 2 is 1.87 bits per heavy atom. The van der Waals surface area contributed by atoms with Crippen molar-refractivity contribution >= 4 is 0 Å². The van der Waals surface area contributed by atoms with Crippen molar-refractivity contribution in [3.05, 3.63) is 0 Å². The summed E-state index contributed by atoms with van der Waals surface area (Å²) >= 11 is 0. The van der Waals surface area contributed by atoms with Crippen molar-refractivity contribution in [2.75, 3.05) is 20.1 Å². The first-order chi connectivity index (χ1) is 7.04. The van der Waals surface area contributed by atoms with Crippen molar-refractivity contribution in [2.24, 2.45) is 5.73 Å². The summed E-state index contributed by atoms with van der Waals surface area (Å²) in [5.41, 5.74) is 6.16. The summed E-state index contributed by atoms with van der Waals surface area (Å²) in [5, 5.41) is 0. The van der Waals surface area contributed by atoms with Crippen molar-refractivity contribution in [2.45, 2.75) is 57.8 Å². The Balaban J connectivity index is 2.73. The molecule has 1 heterocycles. The third-order valence-electron chi connectivity index (χ3n) is 3.55. The zero-order valence-electron chi connectivity index (χ0n) is 10.6. The molecule has 2 N–H and O–H groups in total. The second-order valence-electron chi connectivity index (χ2n) is 5.02. The SMILES string of the molecule is CCCN(C)C1(CN)CC(C)OC(C)C1. The monoisotopic (exact) mass is 214 g/mol. The maximum atomic E-state index is 6.00. The fourth-order valence-corrected chi connectivity index (χ4v) is 2.85. The molecule has 0 amide bonds. The molecule has 2 unspecified atom stereocenters. The lowest BCUT2D eigenvalue weighted by atomic mass is 9.82. The number of hydrogen-bond acceptors (Lipinski definition) is 3. The number of nitrogens with two attached hydrogens (primary N) is 1. The quantitative estimate of drug-likeness (QED) is 0.773. The van der Waals surface area contributed by atoms with Gasteiger partial charge in [-0.15, -0.1) is 0 Å². The van der Waals surface area contributed by atoms with E-state index in [4.69, 9.17) is 10.5 Å². The Morgan fingerprint density at radius 3 is 2.27 bits per heavy atom. The van der Waals surface area contributed by atoms with E-state index in [1.165, 1.54) is 6.42 Å². The summed E-state index contributed by atoms with van der Waals surface area (Å²) in [6.45, 7) is 8.38. The number of likely N-dealkylation sites (N-methyl/N-ethyl adjacent to an activating group) is 1. The molecule has 0 radical (unpaired) electrons. The highest BCUT2D eigenvalue weighted by Gasteiger charge is 2.40. The third-order valence-corrected chi connectivity index (χ3v) is 3.55. The van der Waals surface area contributed by atoms with Gasteiger partial charge in [0.1, 0.15) is 0 Å². The first-order valence-electron chi connectivity index (χ1n) is 6.11. The highest BCUT2D eigenvalue weighted by molar-refractivity contribution is 4.96. The number of hydrogen-bond donors (Lipinski definition) is 1. The molecule has 1 aliphatic rings. The van der Waals surface area contributed by atoms with Crippen LogP contribution >= 0.6 is 0 Å². The van der Waals surface area contributed by atoms with E-state index in [2.05, 4.69) is 32.7 Å². The van der Waals surface area contributed by atoms with Gasteiger partial charge in [0.2, 0.25) is 0 Å². The van der Waals surface area contributed by atoms with Crippen LogP contribution in [0.4, 0.5) is 0 Å². The number of rotatable bonds is 4. The summed E-state index contributed by atoms with van der Waals surface area (Å²) in [5.74, 6) is 0. The molecule has 3 nitrogen and oxygen atoms in total. The van der Waals surface area contributed by atoms with E-state index in [1.807, 2.05) is 0 Å². The van der Waals surface area contributed by atoms with E-state index in [0.717, 1.165) is 25.9 Å². The molecule has 0 bridgehead atoms. The first-order valence-corrected chi connectivity index (χ1v) is 6.11. The number of nitrogens with zero attached hydrogens (tertiary/aromatic N) is 1. The highest BCUT2D eigenvalue weighted by atomic mass is 16.5. The average molecular weight is 214 g/mol. The van der Waals surface area contributed by atoms with Gasteiger partial charge in [-0.25, -0.2) is 0 Å². The van der Waals surface area contributed by atoms with Crippen LogP contribution in [0.15, 0.2) is 0 Å². The van der Waals surface area contributed by atoms with Crippen molar-refractivity contribution in [3.8, 4) is 0 Å². The summed E-state index contributed by atoms with van der Waals surface area (Å²) in [6.07, 6.45) is 3.96. The van der Waals surface area contributed by atoms with Crippen LogP contribution in [-0.2, 0) is 4.74 Å². The molecule has 0 spiro atoms. The minimum absolute atomic E-state index is 0.160. The fraction of sp³-hybridized carbons (Fsp3) is 1.00. The van der Waals surface area contributed by atoms with Crippen molar-refractivity contribution in [3.63, 3.8) is 0 Å². The molecule has 90 valence electrons. The molecule has 3 heteroatoms. The van der Waals surface area contributed by atoms with E-state index in [9.17, 15) is 0 Å². The predicted octanol–water partition coefficient (Wildman–Crippen LogP) is 1.61. The molecular weight excluding hydrogens is 188 g/mol. The van der Waals surface area contributed by atoms with Gasteiger partial charge in [0, 0.05) is 12.1 Å². The Labute approximate surface area is 94.0 Å². The molecule has 0 saturated carbocycles. The van der Waals surface area contributed by atoms with Crippen molar-refractivity contribution < 1.29 is 4.74 Å². The molecular formula is C12H26N2O. The average Bonchev–Trinajstić information content (AvgIpc) is 2.16. The molecule has 1 saturated heterocycles. The van der Waals surface area contributed by atoms with Gasteiger partial charge < -0.3 is 10.5 Å². The van der Waals surface area contributed by atoms with Crippen LogP contribution in [0.2, 0.25) is 0 Å². The summed E-state index contributed by atoms with van der Waals surface area (Å²) in [4.78, 5) is 2.43. The lowest BCUT2D eigenvalue weighted by Crippen LogP contribution is -2.58. The van der Waals surface area contributed by atoms with Crippen LogP contribution in [0.5, 0.6) is 0 Å². The number of ether oxygens (including phenoxy) is 1. The molecule has 0 aromatic rings. The molecule has 0 aromatic carbocycles. The van der Waals surface area contributed by atoms with Crippen molar-refractivity contribution in [1.29, 1.82) is 0 Å². The normalized spacial score (nSPS) is 37.2. The van der Waals surface area contributed by atoms with Gasteiger partial charge >= 0.3 is 0 Å². The van der Waals surface area contributed by atoms with Crippen LogP contribution in [0.25, 0.3) is 0 Å². The Bertz CT molecular complexity index is 186. The van der Waals surface area contributed by atoms with Crippen LogP contribution < -0.4 is 5.73 Å². The summed E-state index contributed by atoms with van der Waals surface area (Å²) in [6, 6.07) is 0. The third kappa shape index (κ3) is 2.92. The second kappa shape index (κ2) is 5.28. The van der Waals surface area contributed by atoms with E-state index in [-0.39, 0.29) is 5.54 Å². The topological polar surface area (TPSA) is 38.5 Å². The van der Waals surface area contributed by atoms with Gasteiger partial charge in [0.05, 0.1) is 12.2 Å². The van der Waals surface area contributed by atoms with Gasteiger partial charge in [0.25, 0.3) is 0 Å². The van der Waals surface area contributed by atoms with E-state index < -0.39 is 0 Å². The minimum atomic E-state index is 0.160. The van der Waals surface area contributed by atoms with Gasteiger partial charge in [-0.2, -0.15) is 0 Å². The van der Waals surface area contributed by atoms with Gasteiger partial charge in [-0.3, -0.25) is 4.90 Å². The molecule has 1 fully saturated rings. The van der Waals surface area contributed by atoms with Gasteiger partial charge in [-0.05, 0) is 46.7 Å². The standard InChI is InChI=1S/C12H26N2O/c1-5-6-14(4)12(9-13)7-10(2)15-11(3)8-12/h10-11H,5-9,13H2,1-4H3. The second-order valence-corrected chi connectivity index (χ2v) is 5.02. The fourth-order valence-electron chi connectivity index (χ4n) is 2.85. The summed E-state index contributed by atoms with van der Waals surface area (Å²) < 4.78 is 5.79. The van der Waals surface area contributed by atoms with E-state index in [0.29, 0.717) is 12.2 Å². The smallest absolute Gasteiger partial charge is 0.0568 e. The zero-order valence-corrected chi connectivity index (χ0v) is 10.6. The predicted molar refractivity (Wildman–Crippen MR) is 63.9 cm³/mol. The Hall–Kier alpha value is -0.120. The zero-order chi connectivity index (χ0) is 11.5. The highest BCUT2D eigenvalue weighted by Crippen LogP contribution is 2.32. The lowest BCUT2D eigenvalue weighted by molar-refractivity contribution is -0.0974. The molecule has 1 aliphatic heterocycles. The Kier molecular flexibility index (Phi) is 4.56. The maximum absolute atomic E-state index is 6.00. The van der Waals surface area contributed by atoms with Crippen molar-refractivity contribution in [1.82, 2.24) is 4.90 Å². The van der Waals surface area contributed by atoms with E-state index >= 15 is 0 Å². The van der Waals surface area contributed by atoms with Crippen LogP contribution in [0, 0.1) is 0 Å².